The molecule has 170 valence electrons. The molecule has 0 aliphatic carbocycles. The summed E-state index contributed by atoms with van der Waals surface area (Å²) in [6, 6.07) is 32.0. The summed E-state index contributed by atoms with van der Waals surface area (Å²) >= 11 is 1.08. The zero-order chi connectivity index (χ0) is 23.5. The zero-order valence-electron chi connectivity index (χ0n) is 19.0. The van der Waals surface area contributed by atoms with Crippen molar-refractivity contribution in [2.45, 2.75) is 31.1 Å². The van der Waals surface area contributed by atoms with Crippen LogP contribution in [0.2, 0.25) is 0 Å². The van der Waals surface area contributed by atoms with Crippen molar-refractivity contribution in [2.75, 3.05) is 5.32 Å². The number of fused-ring (bicyclic) bond motifs is 1. The van der Waals surface area contributed by atoms with E-state index in [0.717, 1.165) is 29.4 Å². The Labute approximate surface area is 203 Å². The van der Waals surface area contributed by atoms with Gasteiger partial charge in [-0.25, -0.2) is 0 Å². The topological polar surface area (TPSA) is 58.2 Å². The lowest BCUT2D eigenvalue weighted by Crippen LogP contribution is -2.25. The normalized spacial score (nSPS) is 16.4. The van der Waals surface area contributed by atoms with Gasteiger partial charge in [-0.2, -0.15) is 0 Å². The molecule has 1 unspecified atom stereocenters. The Morgan fingerprint density at radius 1 is 0.853 bits per heavy atom. The van der Waals surface area contributed by atoms with E-state index in [1.54, 1.807) is 0 Å². The van der Waals surface area contributed by atoms with Gasteiger partial charge in [0.1, 0.15) is 0 Å². The highest BCUT2D eigenvalue weighted by atomic mass is 32.2. The molecule has 1 fully saturated rings. The highest BCUT2D eigenvalue weighted by Crippen LogP contribution is 2.27. The summed E-state index contributed by atoms with van der Waals surface area (Å²) in [6.07, 6.45) is 1.38. The Balaban J connectivity index is 1.24. The first kappa shape index (κ1) is 22.2. The van der Waals surface area contributed by atoms with E-state index in [-0.39, 0.29) is 22.4 Å². The number of hydrogen-bond acceptors (Lipinski definition) is 4. The number of benzene rings is 4. The van der Waals surface area contributed by atoms with Gasteiger partial charge in [-0.1, -0.05) is 90.6 Å². The number of carbonyl (C=O) groups is 2. The van der Waals surface area contributed by atoms with Gasteiger partial charge in [-0.15, -0.1) is 0 Å². The summed E-state index contributed by atoms with van der Waals surface area (Å²) in [5.74, 6) is -0.193. The van der Waals surface area contributed by atoms with Crippen LogP contribution in [-0.2, 0) is 17.6 Å². The van der Waals surface area contributed by atoms with Crippen LogP contribution in [0, 0.1) is 0 Å². The fourth-order valence-corrected chi connectivity index (χ4v) is 5.38. The molecule has 4 aromatic carbocycles. The van der Waals surface area contributed by atoms with Crippen molar-refractivity contribution in [1.29, 1.82) is 0 Å². The molecule has 2 N–H and O–H groups in total. The van der Waals surface area contributed by atoms with Crippen LogP contribution in [0.4, 0.5) is 10.5 Å². The Bertz CT molecular complexity index is 1340. The number of carbonyl (C=O) groups excluding carboxylic acids is 2. The average molecular weight is 467 g/mol. The van der Waals surface area contributed by atoms with Crippen LogP contribution in [0.25, 0.3) is 10.8 Å². The van der Waals surface area contributed by atoms with Crippen molar-refractivity contribution in [1.82, 2.24) is 5.32 Å². The number of hydrogen-bond donors (Lipinski definition) is 2. The summed E-state index contributed by atoms with van der Waals surface area (Å²) in [4.78, 5) is 23.3. The van der Waals surface area contributed by atoms with Crippen LogP contribution in [-0.4, -0.2) is 16.4 Å². The minimum Gasteiger partial charge on any atom is -0.378 e. The zero-order valence-corrected chi connectivity index (χ0v) is 19.8. The smallest absolute Gasteiger partial charge is 0.286 e. The van der Waals surface area contributed by atoms with E-state index in [0.29, 0.717) is 6.42 Å². The van der Waals surface area contributed by atoms with E-state index in [2.05, 4.69) is 96.4 Å². The van der Waals surface area contributed by atoms with Gasteiger partial charge in [0, 0.05) is 11.7 Å². The molecule has 1 saturated heterocycles. The van der Waals surface area contributed by atoms with Gasteiger partial charge >= 0.3 is 0 Å². The first-order valence-electron chi connectivity index (χ1n) is 11.5. The number of thioether (sulfide) groups is 1. The first-order chi connectivity index (χ1) is 16.5. The lowest BCUT2D eigenvalue weighted by atomic mass is 9.99. The number of imide groups is 1. The largest absolute Gasteiger partial charge is 0.378 e. The van der Waals surface area contributed by atoms with E-state index in [4.69, 9.17) is 0 Å². The summed E-state index contributed by atoms with van der Waals surface area (Å²) < 4.78 is 0. The fourth-order valence-electron chi connectivity index (χ4n) is 4.52. The van der Waals surface area contributed by atoms with Crippen molar-refractivity contribution in [3.05, 3.63) is 113 Å². The lowest BCUT2D eigenvalue weighted by Gasteiger charge is -2.18. The molecular weight excluding hydrogens is 440 g/mol. The van der Waals surface area contributed by atoms with Crippen LogP contribution in [0.1, 0.15) is 35.2 Å². The van der Waals surface area contributed by atoms with Gasteiger partial charge in [0.25, 0.3) is 5.24 Å². The predicted molar refractivity (Wildman–Crippen MR) is 140 cm³/mol. The van der Waals surface area contributed by atoms with Crippen LogP contribution in [0.5, 0.6) is 0 Å². The van der Waals surface area contributed by atoms with Crippen molar-refractivity contribution in [3.63, 3.8) is 0 Å². The van der Waals surface area contributed by atoms with Crippen LogP contribution >= 0.6 is 11.8 Å². The maximum absolute atomic E-state index is 11.9. The molecule has 34 heavy (non-hydrogen) atoms. The summed E-state index contributed by atoms with van der Waals surface area (Å²) in [7, 11) is 0. The standard InChI is InChI=1S/C29H26N2O2S/c1-19(25-11-5-9-23-8-2-3-10-26(23)25)30-24-14-12-20(13-15-24)16-21-6-4-7-22(17-21)18-27-28(32)31-29(33)34-27/h2-15,17,19,27,30H,16,18H2,1H3,(H,31,32,33)/t19-,27?/m1/s1. The SMILES string of the molecule is C[C@@H](Nc1ccc(Cc2cccc(CC3SC(=O)NC3=O)c2)cc1)c1cccc2ccccc12. The minimum atomic E-state index is -0.336. The van der Waals surface area contributed by atoms with Gasteiger partial charge < -0.3 is 5.32 Å². The molecular formula is C29H26N2O2S. The van der Waals surface area contributed by atoms with Gasteiger partial charge in [0.15, 0.2) is 0 Å². The van der Waals surface area contributed by atoms with Crippen molar-refractivity contribution >= 4 is 39.4 Å². The Morgan fingerprint density at radius 2 is 1.59 bits per heavy atom. The molecule has 2 atom stereocenters. The number of nitrogens with one attached hydrogen (secondary N) is 2. The quantitative estimate of drug-likeness (QED) is 0.326. The second kappa shape index (κ2) is 9.74. The molecule has 4 aromatic rings. The minimum absolute atomic E-state index is 0.186. The van der Waals surface area contributed by atoms with Gasteiger partial charge in [-0.3, -0.25) is 14.9 Å². The van der Waals surface area contributed by atoms with Crippen LogP contribution in [0.3, 0.4) is 0 Å². The Kier molecular flexibility index (Phi) is 6.37. The van der Waals surface area contributed by atoms with Gasteiger partial charge in [0.2, 0.25) is 5.91 Å². The van der Waals surface area contributed by atoms with Crippen LogP contribution in [0.15, 0.2) is 91.0 Å². The van der Waals surface area contributed by atoms with Crippen molar-refractivity contribution < 1.29 is 9.59 Å². The lowest BCUT2D eigenvalue weighted by molar-refractivity contribution is -0.118. The molecule has 0 aromatic heterocycles. The maximum Gasteiger partial charge on any atom is 0.286 e. The molecule has 1 aliphatic rings. The number of anilines is 1. The summed E-state index contributed by atoms with van der Waals surface area (Å²) in [5, 5.41) is 7.93. The molecule has 1 aliphatic heterocycles. The highest BCUT2D eigenvalue weighted by Gasteiger charge is 2.31. The molecule has 5 heteroatoms. The fraction of sp³-hybridized carbons (Fsp3) is 0.172. The molecule has 4 nitrogen and oxygen atoms in total. The van der Waals surface area contributed by atoms with E-state index < -0.39 is 0 Å². The maximum atomic E-state index is 11.9. The Morgan fingerprint density at radius 3 is 2.38 bits per heavy atom. The highest BCUT2D eigenvalue weighted by molar-refractivity contribution is 8.15. The van der Waals surface area contributed by atoms with E-state index >= 15 is 0 Å². The molecule has 0 radical (unpaired) electrons. The molecule has 2 amide bonds. The van der Waals surface area contributed by atoms with Crippen LogP contribution < -0.4 is 10.6 Å². The molecule has 1 heterocycles. The first-order valence-corrected chi connectivity index (χ1v) is 12.4. The Hall–Kier alpha value is -3.57. The van der Waals surface area contributed by atoms with Crippen molar-refractivity contribution in [2.24, 2.45) is 0 Å². The van der Waals surface area contributed by atoms with Gasteiger partial charge in [0.05, 0.1) is 5.25 Å². The number of amides is 2. The molecule has 0 bridgehead atoms. The number of rotatable bonds is 7. The van der Waals surface area contributed by atoms with E-state index in [1.807, 2.05) is 12.1 Å². The summed E-state index contributed by atoms with van der Waals surface area (Å²) in [6.45, 7) is 2.19. The molecule has 5 rings (SSSR count). The van der Waals surface area contributed by atoms with E-state index in [1.165, 1.54) is 27.5 Å². The third kappa shape index (κ3) is 5.00. The molecule has 0 saturated carbocycles. The second-order valence-electron chi connectivity index (χ2n) is 8.72. The van der Waals surface area contributed by atoms with Crippen molar-refractivity contribution in [3.8, 4) is 0 Å². The monoisotopic (exact) mass is 466 g/mol. The van der Waals surface area contributed by atoms with Gasteiger partial charge in [-0.05, 0) is 64.9 Å². The third-order valence-electron chi connectivity index (χ3n) is 6.21. The summed E-state index contributed by atoms with van der Waals surface area (Å²) in [5.41, 5.74) is 5.87. The molecule has 0 spiro atoms. The van der Waals surface area contributed by atoms with E-state index in [9.17, 15) is 9.59 Å². The predicted octanol–water partition coefficient (Wildman–Crippen LogP) is 6.50. The average Bonchev–Trinajstić information content (AvgIpc) is 3.16. The second-order valence-corrected chi connectivity index (χ2v) is 9.89. The third-order valence-corrected chi connectivity index (χ3v) is 7.20.